The maximum atomic E-state index is 12.5. The number of aliphatic hydroxyl groups excluding tert-OH is 1. The van der Waals surface area contributed by atoms with Gasteiger partial charge in [-0.25, -0.2) is 9.50 Å². The topological polar surface area (TPSA) is 110 Å². The van der Waals surface area contributed by atoms with Crippen LogP contribution in [0.2, 0.25) is 0 Å². The summed E-state index contributed by atoms with van der Waals surface area (Å²) in [7, 11) is 1.85. The zero-order valence-corrected chi connectivity index (χ0v) is 14.0. The summed E-state index contributed by atoms with van der Waals surface area (Å²) in [4.78, 5) is 16.8. The molecule has 0 unspecified atom stereocenters. The average molecular weight is 341 g/mol. The van der Waals surface area contributed by atoms with Crippen molar-refractivity contribution in [2.75, 3.05) is 0 Å². The smallest absolute Gasteiger partial charge is 0.254 e. The van der Waals surface area contributed by atoms with Crippen molar-refractivity contribution in [3.63, 3.8) is 0 Å². The maximum Gasteiger partial charge on any atom is 0.254 e. The van der Waals surface area contributed by atoms with E-state index in [1.54, 1.807) is 23.0 Å². The van der Waals surface area contributed by atoms with Crippen molar-refractivity contribution in [3.8, 4) is 0 Å². The fourth-order valence-corrected chi connectivity index (χ4v) is 3.29. The lowest BCUT2D eigenvalue weighted by Crippen LogP contribution is -2.44. The molecule has 3 heterocycles. The summed E-state index contributed by atoms with van der Waals surface area (Å²) in [5.74, 6) is 1.51. The quantitative estimate of drug-likeness (QED) is 0.708. The number of carbonyl (C=O) groups is 1. The number of hydrogen-bond donors (Lipinski definition) is 2. The number of fused-ring (bicyclic) bond motifs is 1. The molecule has 4 rings (SSSR count). The van der Waals surface area contributed by atoms with Crippen molar-refractivity contribution in [2.45, 2.75) is 38.3 Å². The van der Waals surface area contributed by atoms with Gasteiger partial charge in [-0.3, -0.25) is 4.79 Å². The van der Waals surface area contributed by atoms with Gasteiger partial charge in [0, 0.05) is 31.3 Å². The minimum Gasteiger partial charge on any atom is -0.388 e. The van der Waals surface area contributed by atoms with E-state index in [-0.39, 0.29) is 24.5 Å². The molecule has 1 aliphatic carbocycles. The number of rotatable bonds is 4. The van der Waals surface area contributed by atoms with Crippen LogP contribution in [0.4, 0.5) is 0 Å². The average Bonchev–Trinajstić information content (AvgIpc) is 3.17. The first-order valence-electron chi connectivity index (χ1n) is 8.17. The van der Waals surface area contributed by atoms with E-state index in [1.165, 1.54) is 0 Å². The third-order valence-corrected chi connectivity index (χ3v) is 4.88. The van der Waals surface area contributed by atoms with Gasteiger partial charge in [0.1, 0.15) is 12.4 Å². The fraction of sp³-hybridized carbons (Fsp3) is 0.438. The lowest BCUT2D eigenvalue weighted by molar-refractivity contribution is 0.0905. The molecule has 0 aliphatic heterocycles. The Bertz CT molecular complexity index is 939. The second-order valence-corrected chi connectivity index (χ2v) is 6.39. The Morgan fingerprint density at radius 1 is 1.40 bits per heavy atom. The lowest BCUT2D eigenvalue weighted by Gasteiger charge is -2.35. The largest absolute Gasteiger partial charge is 0.388 e. The molecule has 25 heavy (non-hydrogen) atoms. The molecule has 0 spiro atoms. The third kappa shape index (κ3) is 2.56. The molecular weight excluding hydrogens is 322 g/mol. The van der Waals surface area contributed by atoms with Crippen LogP contribution in [-0.2, 0) is 13.7 Å². The zero-order chi connectivity index (χ0) is 17.6. The van der Waals surface area contributed by atoms with Crippen LogP contribution >= 0.6 is 0 Å². The second kappa shape index (κ2) is 5.92. The SMILES string of the molecule is Cc1c(C(=O)NC2CC(c3nnc(CO)n3C)C2)cnc2ccnn12. The van der Waals surface area contributed by atoms with Crippen molar-refractivity contribution >= 4 is 11.6 Å². The highest BCUT2D eigenvalue weighted by atomic mass is 16.3. The van der Waals surface area contributed by atoms with Gasteiger partial charge in [-0.05, 0) is 19.8 Å². The van der Waals surface area contributed by atoms with E-state index >= 15 is 0 Å². The number of nitrogens with zero attached hydrogens (tertiary/aromatic N) is 6. The fourth-order valence-electron chi connectivity index (χ4n) is 3.29. The second-order valence-electron chi connectivity index (χ2n) is 6.39. The molecule has 1 saturated carbocycles. The summed E-state index contributed by atoms with van der Waals surface area (Å²) in [5, 5.41) is 24.5. The minimum absolute atomic E-state index is 0.0968. The Morgan fingerprint density at radius 3 is 2.92 bits per heavy atom. The Morgan fingerprint density at radius 2 is 2.20 bits per heavy atom. The van der Waals surface area contributed by atoms with Crippen molar-refractivity contribution in [1.29, 1.82) is 0 Å². The first-order valence-corrected chi connectivity index (χ1v) is 8.17. The highest BCUT2D eigenvalue weighted by Gasteiger charge is 2.35. The van der Waals surface area contributed by atoms with Crippen LogP contribution in [0, 0.1) is 6.92 Å². The van der Waals surface area contributed by atoms with E-state index in [1.807, 2.05) is 18.5 Å². The number of hydrogen-bond acceptors (Lipinski definition) is 6. The summed E-state index contributed by atoms with van der Waals surface area (Å²) in [6, 6.07) is 1.90. The van der Waals surface area contributed by atoms with Crippen LogP contribution < -0.4 is 5.32 Å². The first-order chi connectivity index (χ1) is 12.1. The van der Waals surface area contributed by atoms with Crippen molar-refractivity contribution < 1.29 is 9.90 Å². The summed E-state index contributed by atoms with van der Waals surface area (Å²) < 4.78 is 3.48. The van der Waals surface area contributed by atoms with Gasteiger partial charge in [-0.1, -0.05) is 0 Å². The molecule has 1 fully saturated rings. The summed E-state index contributed by atoms with van der Waals surface area (Å²) in [6.07, 6.45) is 4.86. The molecule has 1 aliphatic rings. The Balaban J connectivity index is 1.42. The number of aliphatic hydroxyl groups is 1. The number of nitrogens with one attached hydrogen (secondary N) is 1. The zero-order valence-electron chi connectivity index (χ0n) is 14.0. The van der Waals surface area contributed by atoms with Gasteiger partial charge < -0.3 is 15.0 Å². The summed E-state index contributed by atoms with van der Waals surface area (Å²) >= 11 is 0. The molecular formula is C16H19N7O2. The molecule has 130 valence electrons. The van der Waals surface area contributed by atoms with Gasteiger partial charge in [0.2, 0.25) is 0 Å². The molecule has 0 aromatic carbocycles. The van der Waals surface area contributed by atoms with E-state index in [4.69, 9.17) is 0 Å². The number of aryl methyl sites for hydroxylation is 1. The van der Waals surface area contributed by atoms with E-state index in [0.717, 1.165) is 30.0 Å². The lowest BCUT2D eigenvalue weighted by atomic mass is 9.79. The molecule has 0 bridgehead atoms. The van der Waals surface area contributed by atoms with Gasteiger partial charge in [-0.15, -0.1) is 10.2 Å². The van der Waals surface area contributed by atoms with Gasteiger partial charge in [-0.2, -0.15) is 5.10 Å². The monoisotopic (exact) mass is 341 g/mol. The van der Waals surface area contributed by atoms with Crippen LogP contribution in [0.15, 0.2) is 18.5 Å². The third-order valence-electron chi connectivity index (χ3n) is 4.88. The van der Waals surface area contributed by atoms with Gasteiger partial charge in [0.25, 0.3) is 5.91 Å². The molecule has 0 radical (unpaired) electrons. The van der Waals surface area contributed by atoms with E-state index < -0.39 is 0 Å². The van der Waals surface area contributed by atoms with Gasteiger partial charge >= 0.3 is 0 Å². The Kier molecular flexibility index (Phi) is 3.72. The predicted molar refractivity (Wildman–Crippen MR) is 87.9 cm³/mol. The summed E-state index contributed by atoms with van der Waals surface area (Å²) in [6.45, 7) is 1.73. The van der Waals surface area contributed by atoms with Gasteiger partial charge in [0.15, 0.2) is 11.5 Å². The maximum absolute atomic E-state index is 12.5. The molecule has 0 saturated heterocycles. The molecule has 3 aromatic rings. The molecule has 1 amide bonds. The number of carbonyl (C=O) groups excluding carboxylic acids is 1. The van der Waals surface area contributed by atoms with E-state index in [0.29, 0.717) is 11.4 Å². The van der Waals surface area contributed by atoms with Crippen LogP contribution in [0.3, 0.4) is 0 Å². The molecule has 3 aromatic heterocycles. The number of amides is 1. The Hall–Kier alpha value is -2.81. The Labute approximate surface area is 143 Å². The normalized spacial score (nSPS) is 19.8. The molecule has 2 N–H and O–H groups in total. The minimum atomic E-state index is -0.139. The molecule has 9 nitrogen and oxygen atoms in total. The number of aromatic nitrogens is 6. The van der Waals surface area contributed by atoms with Crippen molar-refractivity contribution in [2.24, 2.45) is 7.05 Å². The van der Waals surface area contributed by atoms with Crippen molar-refractivity contribution in [3.05, 3.63) is 41.4 Å². The van der Waals surface area contributed by atoms with E-state index in [2.05, 4.69) is 25.6 Å². The first kappa shape index (κ1) is 15.7. The van der Waals surface area contributed by atoms with Crippen LogP contribution in [0.1, 0.15) is 46.5 Å². The summed E-state index contributed by atoms with van der Waals surface area (Å²) in [5.41, 5.74) is 2.02. The highest BCUT2D eigenvalue weighted by molar-refractivity contribution is 5.95. The van der Waals surface area contributed by atoms with Gasteiger partial charge in [0.05, 0.1) is 17.5 Å². The van der Waals surface area contributed by atoms with Crippen LogP contribution in [0.5, 0.6) is 0 Å². The standard InChI is InChI=1S/C16H19N7O2/c1-9-12(7-17-13-3-4-18-23(9)13)16(25)19-11-5-10(6-11)15-21-20-14(8-24)22(15)2/h3-4,7,10-11,24H,5-6,8H2,1-2H3,(H,19,25). The van der Waals surface area contributed by atoms with Crippen LogP contribution in [0.25, 0.3) is 5.65 Å². The van der Waals surface area contributed by atoms with Crippen molar-refractivity contribution in [1.82, 2.24) is 34.7 Å². The predicted octanol–water partition coefficient (Wildman–Crippen LogP) is 0.335. The van der Waals surface area contributed by atoms with Crippen LogP contribution in [-0.4, -0.2) is 46.4 Å². The highest BCUT2D eigenvalue weighted by Crippen LogP contribution is 2.36. The van der Waals surface area contributed by atoms with E-state index in [9.17, 15) is 9.90 Å². The molecule has 9 heteroatoms. The molecule has 0 atom stereocenters.